The molecule has 36 heavy (non-hydrogen) atoms. The molecule has 3 heterocycles. The van der Waals surface area contributed by atoms with Gasteiger partial charge in [-0.1, -0.05) is 15.9 Å². The molecule has 1 N–H and O–H groups in total. The summed E-state index contributed by atoms with van der Waals surface area (Å²) in [5.74, 6) is 0.0955. The number of aryl methyl sites for hydroxylation is 2. The molecule has 11 nitrogen and oxygen atoms in total. The van der Waals surface area contributed by atoms with E-state index >= 15 is 0 Å². The highest BCUT2D eigenvalue weighted by Crippen LogP contribution is 2.17. The molecule has 1 unspecified atom stereocenters. The second kappa shape index (κ2) is 11.0. The predicted octanol–water partition coefficient (Wildman–Crippen LogP) is 0.0387. The minimum Gasteiger partial charge on any atom is -0.390 e. The van der Waals surface area contributed by atoms with E-state index in [9.17, 15) is 23.1 Å². The average molecular weight is 584 g/mol. The number of nitrogens with zero attached hydrogens (tertiary/aromatic N) is 6. The van der Waals surface area contributed by atoms with Gasteiger partial charge in [0.1, 0.15) is 0 Å². The lowest BCUT2D eigenvalue weighted by molar-refractivity contribution is 0.0632. The van der Waals surface area contributed by atoms with Crippen LogP contribution in [0.3, 0.4) is 0 Å². The Labute approximate surface area is 217 Å². The smallest absolute Gasteiger partial charge is 0.332 e. The van der Waals surface area contributed by atoms with Crippen LogP contribution in [0.1, 0.15) is 6.42 Å². The van der Waals surface area contributed by atoms with Crippen LogP contribution in [0.15, 0.2) is 49.6 Å². The van der Waals surface area contributed by atoms with Gasteiger partial charge < -0.3 is 14.6 Å². The first-order valence-electron chi connectivity index (χ1n) is 11.8. The van der Waals surface area contributed by atoms with Crippen LogP contribution in [-0.4, -0.2) is 93.1 Å². The molecule has 1 fully saturated rings. The molecule has 1 atom stereocenters. The third-order valence-electron chi connectivity index (χ3n) is 6.59. The molecule has 0 amide bonds. The third kappa shape index (κ3) is 5.80. The summed E-state index contributed by atoms with van der Waals surface area (Å²) in [5, 5.41) is 10.7. The van der Waals surface area contributed by atoms with Crippen LogP contribution in [0.4, 0.5) is 0 Å². The molecule has 3 aromatic rings. The van der Waals surface area contributed by atoms with Crippen molar-refractivity contribution in [2.75, 3.05) is 45.0 Å². The Kier molecular flexibility index (Phi) is 8.15. The standard InChI is InChI=1S/C23H31BrN6O5S/c1-26-16-25-21-20(26)22(32)30(23(33)27(21)2)15-18(31)14-29-11-9-28(10-12-29)8-3-13-36(34,35)19-6-4-17(24)5-7-19/h4-7,16,18,31H,3,8-15H2,1-2H3. The summed E-state index contributed by atoms with van der Waals surface area (Å²) in [6.45, 7) is 3.86. The Bertz CT molecular complexity index is 1440. The van der Waals surface area contributed by atoms with Crippen molar-refractivity contribution in [1.82, 2.24) is 28.5 Å². The van der Waals surface area contributed by atoms with Gasteiger partial charge in [0.05, 0.1) is 29.6 Å². The van der Waals surface area contributed by atoms with Crippen molar-refractivity contribution in [3.63, 3.8) is 0 Å². The summed E-state index contributed by atoms with van der Waals surface area (Å²) in [6.07, 6.45) is 1.15. The molecular formula is C23H31BrN6O5S. The zero-order valence-corrected chi connectivity index (χ0v) is 22.8. The maximum atomic E-state index is 12.8. The van der Waals surface area contributed by atoms with E-state index in [1.54, 1.807) is 42.9 Å². The van der Waals surface area contributed by atoms with Gasteiger partial charge in [-0.05, 0) is 37.2 Å². The maximum Gasteiger partial charge on any atom is 0.332 e. The monoisotopic (exact) mass is 582 g/mol. The number of aliphatic hydroxyl groups is 1. The fourth-order valence-electron chi connectivity index (χ4n) is 4.56. The Morgan fingerprint density at radius 1 is 1.03 bits per heavy atom. The van der Waals surface area contributed by atoms with Gasteiger partial charge >= 0.3 is 5.69 Å². The van der Waals surface area contributed by atoms with Gasteiger partial charge in [0.15, 0.2) is 21.0 Å². The Morgan fingerprint density at radius 3 is 2.33 bits per heavy atom. The van der Waals surface area contributed by atoms with E-state index in [0.717, 1.165) is 22.1 Å². The first kappa shape index (κ1) is 26.7. The van der Waals surface area contributed by atoms with Gasteiger partial charge in [-0.25, -0.2) is 18.2 Å². The van der Waals surface area contributed by atoms with Crippen LogP contribution in [-0.2, 0) is 30.5 Å². The van der Waals surface area contributed by atoms with E-state index in [1.165, 1.54) is 10.9 Å². The molecule has 1 aliphatic rings. The summed E-state index contributed by atoms with van der Waals surface area (Å²) in [5.41, 5.74) is -0.331. The second-order valence-corrected chi connectivity index (χ2v) is 12.2. The van der Waals surface area contributed by atoms with Crippen molar-refractivity contribution in [3.05, 3.63) is 55.9 Å². The molecule has 1 aliphatic heterocycles. The molecule has 0 radical (unpaired) electrons. The topological polar surface area (TPSA) is 123 Å². The third-order valence-corrected chi connectivity index (χ3v) is 8.93. The lowest BCUT2D eigenvalue weighted by Gasteiger charge is -2.35. The first-order chi connectivity index (χ1) is 17.1. The van der Waals surface area contributed by atoms with Crippen molar-refractivity contribution in [2.24, 2.45) is 14.1 Å². The number of β-amino-alcohol motifs (C(OH)–C–C–N with tert-alkyl or cyclic N) is 1. The lowest BCUT2D eigenvalue weighted by atomic mass is 10.2. The lowest BCUT2D eigenvalue weighted by Crippen LogP contribution is -2.50. The first-order valence-corrected chi connectivity index (χ1v) is 14.2. The largest absolute Gasteiger partial charge is 0.390 e. The van der Waals surface area contributed by atoms with Crippen molar-refractivity contribution in [1.29, 1.82) is 0 Å². The van der Waals surface area contributed by atoms with Crippen LogP contribution < -0.4 is 11.2 Å². The van der Waals surface area contributed by atoms with E-state index < -0.39 is 27.2 Å². The molecule has 0 spiro atoms. The van der Waals surface area contributed by atoms with Gasteiger partial charge in [0.25, 0.3) is 5.56 Å². The number of aliphatic hydroxyl groups excluding tert-OH is 1. The van der Waals surface area contributed by atoms with Gasteiger partial charge in [-0.2, -0.15) is 0 Å². The molecular weight excluding hydrogens is 552 g/mol. The predicted molar refractivity (Wildman–Crippen MR) is 140 cm³/mol. The van der Waals surface area contributed by atoms with Crippen LogP contribution in [0.25, 0.3) is 11.2 Å². The van der Waals surface area contributed by atoms with Gasteiger partial charge in [0, 0.05) is 51.3 Å². The van der Waals surface area contributed by atoms with Crippen LogP contribution >= 0.6 is 15.9 Å². The molecule has 1 saturated heterocycles. The zero-order chi connectivity index (χ0) is 26.0. The van der Waals surface area contributed by atoms with Gasteiger partial charge in [-0.3, -0.25) is 18.8 Å². The molecule has 0 aliphatic carbocycles. The van der Waals surface area contributed by atoms with E-state index in [0.29, 0.717) is 48.7 Å². The average Bonchev–Trinajstić information content (AvgIpc) is 3.23. The van der Waals surface area contributed by atoms with Crippen LogP contribution in [0.2, 0.25) is 0 Å². The number of rotatable bonds is 9. The van der Waals surface area contributed by atoms with Crippen molar-refractivity contribution >= 4 is 36.9 Å². The summed E-state index contributed by atoms with van der Waals surface area (Å²) < 4.78 is 29.9. The molecule has 4 rings (SSSR count). The zero-order valence-electron chi connectivity index (χ0n) is 20.4. The molecule has 0 bridgehead atoms. The number of fused-ring (bicyclic) bond motifs is 1. The van der Waals surface area contributed by atoms with Gasteiger partial charge in [-0.15, -0.1) is 0 Å². The summed E-state index contributed by atoms with van der Waals surface area (Å²) in [6, 6.07) is 6.68. The highest BCUT2D eigenvalue weighted by molar-refractivity contribution is 9.10. The highest BCUT2D eigenvalue weighted by atomic mass is 79.9. The summed E-state index contributed by atoms with van der Waals surface area (Å²) in [4.78, 5) is 34.3. The maximum absolute atomic E-state index is 12.8. The minimum absolute atomic E-state index is 0.0955. The molecule has 0 saturated carbocycles. The number of piperazine rings is 1. The van der Waals surface area contributed by atoms with Crippen molar-refractivity contribution < 1.29 is 13.5 Å². The van der Waals surface area contributed by atoms with Crippen molar-refractivity contribution in [3.8, 4) is 0 Å². The second-order valence-electron chi connectivity index (χ2n) is 9.21. The van der Waals surface area contributed by atoms with Gasteiger partial charge in [0.2, 0.25) is 0 Å². The normalized spacial score (nSPS) is 16.6. The Morgan fingerprint density at radius 2 is 1.67 bits per heavy atom. The van der Waals surface area contributed by atoms with E-state index in [2.05, 4.69) is 30.7 Å². The number of halogens is 1. The number of benzene rings is 1. The highest BCUT2D eigenvalue weighted by Gasteiger charge is 2.22. The molecule has 196 valence electrons. The summed E-state index contributed by atoms with van der Waals surface area (Å²) >= 11 is 3.32. The molecule has 13 heteroatoms. The van der Waals surface area contributed by atoms with Crippen LogP contribution in [0.5, 0.6) is 0 Å². The summed E-state index contributed by atoms with van der Waals surface area (Å²) in [7, 11) is -0.0577. The van der Waals surface area contributed by atoms with Crippen molar-refractivity contribution in [2.45, 2.75) is 24.0 Å². The molecule has 2 aromatic heterocycles. The Hall–Kier alpha value is -2.32. The number of imidazole rings is 1. The molecule has 1 aromatic carbocycles. The number of hydrogen-bond acceptors (Lipinski definition) is 8. The Balaban J connectivity index is 1.26. The van der Waals surface area contributed by atoms with E-state index in [4.69, 9.17) is 0 Å². The van der Waals surface area contributed by atoms with Crippen LogP contribution in [0, 0.1) is 0 Å². The quantitative estimate of drug-likeness (QED) is 0.375. The van der Waals surface area contributed by atoms with E-state index in [-0.39, 0.29) is 12.3 Å². The fourth-order valence-corrected chi connectivity index (χ4v) is 6.12. The number of sulfone groups is 1. The van der Waals surface area contributed by atoms with E-state index in [1.807, 2.05) is 0 Å². The minimum atomic E-state index is -3.31. The fraction of sp³-hybridized carbons (Fsp3) is 0.522. The number of aromatic nitrogens is 4. The number of hydrogen-bond donors (Lipinski definition) is 1. The SMILES string of the molecule is Cn1cnc2c1c(=O)n(CC(O)CN1CCN(CCCS(=O)(=O)c3ccc(Br)cc3)CC1)c(=O)n2C.